The molecule has 0 aliphatic carbocycles. The number of aromatic nitrogens is 2. The zero-order valence-corrected chi connectivity index (χ0v) is 16.2. The van der Waals surface area contributed by atoms with Crippen molar-refractivity contribution < 1.29 is 22.6 Å². The van der Waals surface area contributed by atoms with Crippen LogP contribution in [-0.2, 0) is 10.0 Å². The summed E-state index contributed by atoms with van der Waals surface area (Å²) in [6, 6.07) is 3.57. The third-order valence-corrected chi connectivity index (χ3v) is 5.24. The van der Waals surface area contributed by atoms with Gasteiger partial charge in [0.2, 0.25) is 15.2 Å². The van der Waals surface area contributed by atoms with Crippen molar-refractivity contribution in [3.05, 3.63) is 23.8 Å². The highest BCUT2D eigenvalue weighted by Gasteiger charge is 2.15. The van der Waals surface area contributed by atoms with Crippen LogP contribution in [0.4, 0.5) is 5.13 Å². The number of nitrogens with zero attached hydrogens (tertiary/aromatic N) is 3. The molecule has 0 atom stereocenters. The number of methoxy groups -OCH3 is 3. The van der Waals surface area contributed by atoms with Crippen LogP contribution >= 0.6 is 11.3 Å². The van der Waals surface area contributed by atoms with Crippen LogP contribution in [0.5, 0.6) is 17.2 Å². The van der Waals surface area contributed by atoms with Crippen molar-refractivity contribution in [2.45, 2.75) is 11.3 Å². The van der Waals surface area contributed by atoms with Crippen molar-refractivity contribution in [3.63, 3.8) is 0 Å². The average molecular weight is 398 g/mol. The highest BCUT2D eigenvalue weighted by atomic mass is 32.2. The number of ether oxygens (including phenoxy) is 3. The van der Waals surface area contributed by atoms with Gasteiger partial charge in [-0.2, -0.15) is 0 Å². The fourth-order valence-electron chi connectivity index (χ4n) is 1.97. The number of rotatable bonds is 7. The van der Waals surface area contributed by atoms with Gasteiger partial charge >= 0.3 is 0 Å². The Kier molecular flexibility index (Phi) is 6.29. The van der Waals surface area contributed by atoms with Crippen molar-refractivity contribution in [3.8, 4) is 17.2 Å². The summed E-state index contributed by atoms with van der Waals surface area (Å²) in [7, 11) is 0.731. The van der Waals surface area contributed by atoms with E-state index in [0.717, 1.165) is 16.9 Å². The molecule has 0 aliphatic heterocycles. The first kappa shape index (κ1) is 19.8. The number of hydrogen-bond donors (Lipinski definition) is 1. The molecule has 140 valence electrons. The van der Waals surface area contributed by atoms with E-state index >= 15 is 0 Å². The molecule has 2 N–H and O–H groups in total. The van der Waals surface area contributed by atoms with Crippen molar-refractivity contribution in [2.75, 3.05) is 21.3 Å². The van der Waals surface area contributed by atoms with Crippen LogP contribution in [0.1, 0.15) is 12.5 Å². The fraction of sp³-hybridized carbons (Fsp3) is 0.267. The van der Waals surface area contributed by atoms with E-state index in [-0.39, 0.29) is 9.47 Å². The third kappa shape index (κ3) is 4.77. The summed E-state index contributed by atoms with van der Waals surface area (Å²) in [6.45, 7) is 1.74. The maximum absolute atomic E-state index is 11.2. The van der Waals surface area contributed by atoms with Gasteiger partial charge in [0.25, 0.3) is 10.0 Å². The molecule has 9 nitrogen and oxygen atoms in total. The molecule has 0 fully saturated rings. The molecule has 0 saturated heterocycles. The van der Waals surface area contributed by atoms with Crippen molar-refractivity contribution in [1.29, 1.82) is 0 Å². The quantitative estimate of drug-likeness (QED) is 0.707. The van der Waals surface area contributed by atoms with Gasteiger partial charge in [-0.25, -0.2) is 18.5 Å². The predicted octanol–water partition coefficient (Wildman–Crippen LogP) is 2.02. The lowest BCUT2D eigenvalue weighted by atomic mass is 10.1. The van der Waals surface area contributed by atoms with Crippen LogP contribution in [0.2, 0.25) is 0 Å². The molecule has 11 heteroatoms. The Bertz CT molecular complexity index is 926. The van der Waals surface area contributed by atoms with E-state index in [1.165, 1.54) is 21.3 Å². The van der Waals surface area contributed by atoms with Gasteiger partial charge in [0.05, 0.1) is 21.3 Å². The molecule has 1 aromatic carbocycles. The Balaban J connectivity index is 2.27. The van der Waals surface area contributed by atoms with Crippen LogP contribution in [-0.4, -0.2) is 45.7 Å². The molecule has 1 heterocycles. The molecule has 0 spiro atoms. The summed E-state index contributed by atoms with van der Waals surface area (Å²) in [6.07, 6.45) is 3.53. The van der Waals surface area contributed by atoms with Crippen molar-refractivity contribution >= 4 is 38.3 Å². The molecule has 2 rings (SSSR count). The lowest BCUT2D eigenvalue weighted by Gasteiger charge is -2.12. The second-order valence-corrected chi connectivity index (χ2v) is 7.63. The van der Waals surface area contributed by atoms with Gasteiger partial charge in [0.1, 0.15) is 0 Å². The van der Waals surface area contributed by atoms with Crippen molar-refractivity contribution in [1.82, 2.24) is 10.2 Å². The Morgan fingerprint density at radius 1 is 1.15 bits per heavy atom. The number of allylic oxidation sites excluding steroid dienone is 1. The molecule has 1 aromatic heterocycles. The molecule has 0 radical (unpaired) electrons. The highest BCUT2D eigenvalue weighted by Crippen LogP contribution is 2.38. The molecule has 0 amide bonds. The van der Waals surface area contributed by atoms with Gasteiger partial charge in [0, 0.05) is 5.71 Å². The Morgan fingerprint density at radius 3 is 2.23 bits per heavy atom. The number of sulfonamides is 1. The molecule has 0 bridgehead atoms. The minimum absolute atomic E-state index is 0.195. The normalized spacial score (nSPS) is 12.4. The maximum atomic E-state index is 11.2. The predicted molar refractivity (Wildman–Crippen MR) is 99.2 cm³/mol. The van der Waals surface area contributed by atoms with Crippen LogP contribution in [0.3, 0.4) is 0 Å². The lowest BCUT2D eigenvalue weighted by Crippen LogP contribution is -2.11. The van der Waals surface area contributed by atoms with Crippen LogP contribution in [0.15, 0.2) is 27.5 Å². The van der Waals surface area contributed by atoms with Gasteiger partial charge in [-0.1, -0.05) is 17.4 Å². The lowest BCUT2D eigenvalue weighted by molar-refractivity contribution is 0.324. The summed E-state index contributed by atoms with van der Waals surface area (Å²) in [5.41, 5.74) is 1.40. The summed E-state index contributed by atoms with van der Waals surface area (Å²) < 4.78 is 38.0. The fourth-order valence-corrected chi connectivity index (χ4v) is 3.32. The molecular weight excluding hydrogens is 380 g/mol. The van der Waals surface area contributed by atoms with Gasteiger partial charge in [-0.05, 0) is 30.7 Å². The number of primary sulfonamides is 1. The summed E-state index contributed by atoms with van der Waals surface area (Å²) in [4.78, 5) is 4.19. The second kappa shape index (κ2) is 8.25. The minimum atomic E-state index is -3.88. The van der Waals surface area contributed by atoms with E-state index in [9.17, 15) is 8.42 Å². The van der Waals surface area contributed by atoms with E-state index in [1.807, 2.05) is 0 Å². The zero-order valence-electron chi connectivity index (χ0n) is 14.6. The number of nitrogens with two attached hydrogens (primary N) is 1. The first-order valence-corrected chi connectivity index (χ1v) is 9.54. The maximum Gasteiger partial charge on any atom is 0.267 e. The largest absolute Gasteiger partial charge is 0.493 e. The third-order valence-electron chi connectivity index (χ3n) is 3.12. The molecule has 0 aliphatic rings. The zero-order chi connectivity index (χ0) is 19.3. The summed E-state index contributed by atoms with van der Waals surface area (Å²) in [5.74, 6) is 1.56. The SMILES string of the molecule is COc1cc(/C=C/C(C)=N/c2nnc(S(N)(=O)=O)s2)cc(OC)c1OC. The first-order chi connectivity index (χ1) is 12.3. The number of hydrogen-bond acceptors (Lipinski definition) is 9. The second-order valence-electron chi connectivity index (χ2n) is 4.94. The van der Waals surface area contributed by atoms with Crippen LogP contribution in [0.25, 0.3) is 6.08 Å². The Labute approximate surface area is 155 Å². The van der Waals surface area contributed by atoms with Gasteiger partial charge in [-0.3, -0.25) is 0 Å². The van der Waals surface area contributed by atoms with E-state index in [4.69, 9.17) is 19.3 Å². The van der Waals surface area contributed by atoms with E-state index < -0.39 is 10.0 Å². The first-order valence-electron chi connectivity index (χ1n) is 7.18. The molecular formula is C15H18N4O5S2. The van der Waals surface area contributed by atoms with Crippen LogP contribution < -0.4 is 19.3 Å². The topological polar surface area (TPSA) is 126 Å². The number of benzene rings is 1. The summed E-state index contributed by atoms with van der Waals surface area (Å²) >= 11 is 0.794. The molecule has 0 unspecified atom stereocenters. The van der Waals surface area contributed by atoms with E-state index in [0.29, 0.717) is 23.0 Å². The highest BCUT2D eigenvalue weighted by molar-refractivity contribution is 7.91. The summed E-state index contributed by atoms with van der Waals surface area (Å²) in [5, 5.41) is 12.4. The standard InChI is InChI=1S/C15H18N4O5S2/c1-9(17-14-18-19-15(25-14)26(16,20)21)5-6-10-7-11(22-2)13(24-4)12(8-10)23-3/h5-8H,1-4H3,(H2,16,20,21)/b6-5+,17-9+. The minimum Gasteiger partial charge on any atom is -0.493 e. The van der Waals surface area contributed by atoms with Gasteiger partial charge < -0.3 is 14.2 Å². The average Bonchev–Trinajstić information content (AvgIpc) is 3.07. The van der Waals surface area contributed by atoms with Gasteiger partial charge in [0.15, 0.2) is 11.5 Å². The smallest absolute Gasteiger partial charge is 0.267 e. The van der Waals surface area contributed by atoms with E-state index in [1.54, 1.807) is 31.2 Å². The monoisotopic (exact) mass is 398 g/mol. The molecule has 2 aromatic rings. The Hall–Kier alpha value is -2.50. The van der Waals surface area contributed by atoms with E-state index in [2.05, 4.69) is 15.2 Å². The number of aliphatic imine (C=N–C) groups is 1. The molecule has 0 saturated carbocycles. The van der Waals surface area contributed by atoms with Crippen molar-refractivity contribution in [2.24, 2.45) is 10.1 Å². The van der Waals surface area contributed by atoms with Gasteiger partial charge in [-0.15, -0.1) is 10.2 Å². The molecule has 26 heavy (non-hydrogen) atoms. The van der Waals surface area contributed by atoms with Crippen LogP contribution in [0, 0.1) is 0 Å². The Morgan fingerprint density at radius 2 is 1.77 bits per heavy atom.